The Morgan fingerprint density at radius 2 is 1.86 bits per heavy atom. The van der Waals surface area contributed by atoms with E-state index in [9.17, 15) is 21.6 Å². The first-order chi connectivity index (χ1) is 9.73. The van der Waals surface area contributed by atoms with E-state index in [0.29, 0.717) is 11.1 Å². The summed E-state index contributed by atoms with van der Waals surface area (Å²) in [7, 11) is -4.24. The summed E-state index contributed by atoms with van der Waals surface area (Å²) in [6.45, 7) is -1.66. The highest BCUT2D eigenvalue weighted by Gasteiger charge is 2.29. The van der Waals surface area contributed by atoms with Crippen LogP contribution in [0, 0.1) is 11.8 Å². The minimum absolute atomic E-state index is 0.146. The van der Waals surface area contributed by atoms with Crippen LogP contribution in [0.25, 0.3) is 0 Å². The molecule has 0 amide bonds. The predicted octanol–water partition coefficient (Wildman–Crippen LogP) is 0.483. The Balaban J connectivity index is 2.71. The molecule has 9 heteroatoms. The maximum Gasteiger partial charge on any atom is 0.402 e. The van der Waals surface area contributed by atoms with Crippen molar-refractivity contribution in [1.82, 2.24) is 9.44 Å². The second-order valence-corrected chi connectivity index (χ2v) is 5.51. The second kappa shape index (κ2) is 7.42. The molecule has 0 fully saturated rings. The Morgan fingerprint density at radius 1 is 1.19 bits per heavy atom. The Bertz CT molecular complexity index is 633. The van der Waals surface area contributed by atoms with Crippen molar-refractivity contribution in [3.8, 4) is 11.8 Å². The number of nitrogens with one attached hydrogen (secondary N) is 2. The fourth-order valence-corrected chi connectivity index (χ4v) is 2.14. The van der Waals surface area contributed by atoms with E-state index >= 15 is 0 Å². The summed E-state index contributed by atoms with van der Waals surface area (Å²) < 4.78 is 62.1. The standard InChI is InChI=1S/C12H14F3N3O2S/c13-12(14,15)9-18-21(19,20)17-8-11-5-2-1-4-10(11)6-3-7-16/h1-2,4-5,17-18H,7-9,16H2. The van der Waals surface area contributed by atoms with E-state index in [1.54, 1.807) is 24.3 Å². The summed E-state index contributed by atoms with van der Waals surface area (Å²) in [5.41, 5.74) is 6.34. The third-order valence-corrected chi connectivity index (χ3v) is 3.31. The number of alkyl halides is 3. The first-order valence-electron chi connectivity index (χ1n) is 5.81. The van der Waals surface area contributed by atoms with Crippen LogP contribution in [0.5, 0.6) is 0 Å². The average Bonchev–Trinajstić information content (AvgIpc) is 2.41. The molecule has 0 aliphatic rings. The van der Waals surface area contributed by atoms with Gasteiger partial charge in [0.15, 0.2) is 0 Å². The van der Waals surface area contributed by atoms with Gasteiger partial charge in [0.1, 0.15) is 6.54 Å². The quantitative estimate of drug-likeness (QED) is 0.690. The van der Waals surface area contributed by atoms with E-state index in [-0.39, 0.29) is 13.1 Å². The summed E-state index contributed by atoms with van der Waals surface area (Å²) in [5, 5.41) is 0. The molecule has 0 unspecified atom stereocenters. The maximum atomic E-state index is 12.0. The predicted molar refractivity (Wildman–Crippen MR) is 72.2 cm³/mol. The smallest absolute Gasteiger partial charge is 0.320 e. The number of halogens is 3. The monoisotopic (exact) mass is 321 g/mol. The zero-order chi connectivity index (χ0) is 15.9. The Labute approximate surface area is 120 Å². The van der Waals surface area contributed by atoms with Crippen LogP contribution in [0.15, 0.2) is 24.3 Å². The van der Waals surface area contributed by atoms with Gasteiger partial charge in [0.05, 0.1) is 6.54 Å². The van der Waals surface area contributed by atoms with Crippen molar-refractivity contribution >= 4 is 10.2 Å². The highest BCUT2D eigenvalue weighted by Crippen LogP contribution is 2.12. The van der Waals surface area contributed by atoms with Crippen molar-refractivity contribution in [2.24, 2.45) is 5.73 Å². The average molecular weight is 321 g/mol. The molecule has 0 radical (unpaired) electrons. The minimum Gasteiger partial charge on any atom is -0.320 e. The van der Waals surface area contributed by atoms with Gasteiger partial charge >= 0.3 is 6.18 Å². The third kappa shape index (κ3) is 7.10. The van der Waals surface area contributed by atoms with Gasteiger partial charge in [-0.3, -0.25) is 0 Å². The van der Waals surface area contributed by atoms with Gasteiger partial charge in [-0.15, -0.1) is 0 Å². The molecule has 0 aliphatic carbocycles. The van der Waals surface area contributed by atoms with Crippen molar-refractivity contribution in [3.63, 3.8) is 0 Å². The molecular formula is C12H14F3N3O2S. The van der Waals surface area contributed by atoms with Crippen LogP contribution >= 0.6 is 0 Å². The molecule has 0 bridgehead atoms. The number of nitrogens with two attached hydrogens (primary N) is 1. The van der Waals surface area contributed by atoms with Gasteiger partial charge in [-0.2, -0.15) is 31.0 Å². The summed E-state index contributed by atoms with van der Waals surface area (Å²) in [6, 6.07) is 6.66. The Kier molecular flexibility index (Phi) is 6.17. The molecule has 0 saturated heterocycles. The molecule has 4 N–H and O–H groups in total. The van der Waals surface area contributed by atoms with Crippen LogP contribution < -0.4 is 15.2 Å². The summed E-state index contributed by atoms with van der Waals surface area (Å²) in [4.78, 5) is 0. The fraction of sp³-hybridized carbons (Fsp3) is 0.333. The highest BCUT2D eigenvalue weighted by molar-refractivity contribution is 7.87. The van der Waals surface area contributed by atoms with Gasteiger partial charge in [0.25, 0.3) is 10.2 Å². The second-order valence-electron chi connectivity index (χ2n) is 3.92. The van der Waals surface area contributed by atoms with Crippen LogP contribution in [-0.2, 0) is 16.8 Å². The van der Waals surface area contributed by atoms with E-state index in [4.69, 9.17) is 5.73 Å². The van der Waals surface area contributed by atoms with Gasteiger partial charge in [-0.05, 0) is 11.6 Å². The third-order valence-electron chi connectivity index (χ3n) is 2.26. The molecule has 0 saturated carbocycles. The molecule has 5 nitrogen and oxygen atoms in total. The van der Waals surface area contributed by atoms with Gasteiger partial charge in [-0.25, -0.2) is 0 Å². The molecule has 116 valence electrons. The summed E-state index contributed by atoms with van der Waals surface area (Å²) in [5.74, 6) is 5.38. The van der Waals surface area contributed by atoms with Crippen LogP contribution in [0.1, 0.15) is 11.1 Å². The lowest BCUT2D eigenvalue weighted by Crippen LogP contribution is -2.41. The van der Waals surface area contributed by atoms with Crippen LogP contribution in [0.3, 0.4) is 0 Å². The number of benzene rings is 1. The lowest BCUT2D eigenvalue weighted by Gasteiger charge is -2.11. The van der Waals surface area contributed by atoms with Gasteiger partial charge < -0.3 is 5.73 Å². The molecule has 1 rings (SSSR count). The first kappa shape index (κ1) is 17.5. The van der Waals surface area contributed by atoms with Crippen molar-refractivity contribution in [2.45, 2.75) is 12.7 Å². The topological polar surface area (TPSA) is 84.2 Å². The number of hydrogen-bond donors (Lipinski definition) is 3. The lowest BCUT2D eigenvalue weighted by atomic mass is 10.1. The SMILES string of the molecule is NCC#Cc1ccccc1CNS(=O)(=O)NCC(F)(F)F. The Morgan fingerprint density at radius 3 is 2.48 bits per heavy atom. The molecule has 1 aromatic rings. The van der Waals surface area contributed by atoms with E-state index in [2.05, 4.69) is 11.8 Å². The fourth-order valence-electron chi connectivity index (χ4n) is 1.34. The number of hydrogen-bond acceptors (Lipinski definition) is 3. The van der Waals surface area contributed by atoms with E-state index in [1.807, 2.05) is 4.72 Å². The van der Waals surface area contributed by atoms with Gasteiger partial charge in [0.2, 0.25) is 0 Å². The van der Waals surface area contributed by atoms with E-state index in [0.717, 1.165) is 0 Å². The molecule has 0 atom stereocenters. The first-order valence-corrected chi connectivity index (χ1v) is 7.30. The summed E-state index contributed by atoms with van der Waals surface area (Å²) in [6.07, 6.45) is -4.61. The normalized spacial score (nSPS) is 11.8. The van der Waals surface area contributed by atoms with Gasteiger partial charge in [0, 0.05) is 12.1 Å². The molecule has 21 heavy (non-hydrogen) atoms. The van der Waals surface area contributed by atoms with E-state index in [1.165, 1.54) is 4.72 Å². The zero-order valence-corrected chi connectivity index (χ0v) is 11.7. The van der Waals surface area contributed by atoms with Crippen molar-refractivity contribution in [2.75, 3.05) is 13.1 Å². The lowest BCUT2D eigenvalue weighted by molar-refractivity contribution is -0.121. The van der Waals surface area contributed by atoms with Crippen LogP contribution in [0.4, 0.5) is 13.2 Å². The molecule has 1 aromatic carbocycles. The van der Waals surface area contributed by atoms with Crippen molar-refractivity contribution in [3.05, 3.63) is 35.4 Å². The molecule has 0 spiro atoms. The van der Waals surface area contributed by atoms with Gasteiger partial charge in [-0.1, -0.05) is 30.0 Å². The molecule has 0 aromatic heterocycles. The largest absolute Gasteiger partial charge is 0.402 e. The van der Waals surface area contributed by atoms with E-state index < -0.39 is 22.9 Å². The molecule has 0 aliphatic heterocycles. The van der Waals surface area contributed by atoms with Crippen LogP contribution in [-0.4, -0.2) is 27.7 Å². The zero-order valence-electron chi connectivity index (χ0n) is 10.9. The minimum atomic E-state index is -4.61. The van der Waals surface area contributed by atoms with Crippen molar-refractivity contribution < 1.29 is 21.6 Å². The Hall–Kier alpha value is -1.60. The highest BCUT2D eigenvalue weighted by atomic mass is 32.2. The molecule has 0 heterocycles. The molecular weight excluding hydrogens is 307 g/mol. The summed E-state index contributed by atoms with van der Waals surface area (Å²) >= 11 is 0. The number of rotatable bonds is 5. The van der Waals surface area contributed by atoms with Crippen molar-refractivity contribution in [1.29, 1.82) is 0 Å². The van der Waals surface area contributed by atoms with Crippen LogP contribution in [0.2, 0.25) is 0 Å². The maximum absolute atomic E-state index is 12.0.